The van der Waals surface area contributed by atoms with E-state index in [1.54, 1.807) is 6.07 Å². The number of hydrogen-bond acceptors (Lipinski definition) is 5. The molecule has 0 aromatic carbocycles. The lowest BCUT2D eigenvalue weighted by atomic mass is 10.4. The molecular weight excluding hydrogens is 276 g/mol. The Kier molecular flexibility index (Phi) is 7.08. The zero-order valence-corrected chi connectivity index (χ0v) is 13.0. The van der Waals surface area contributed by atoms with Gasteiger partial charge in [-0.05, 0) is 31.6 Å². The van der Waals surface area contributed by atoms with Crippen LogP contribution in [0.25, 0.3) is 0 Å². The van der Waals surface area contributed by atoms with Crippen LogP contribution in [0.15, 0.2) is 23.2 Å². The molecule has 0 saturated carbocycles. The Morgan fingerprint density at radius 2 is 2.05 bits per heavy atom. The summed E-state index contributed by atoms with van der Waals surface area (Å²) in [6, 6.07) is 3.16. The van der Waals surface area contributed by atoms with Crippen LogP contribution < -0.4 is 10.5 Å². The quantitative estimate of drug-likeness (QED) is 0.695. The number of likely N-dealkylation sites (N-methyl/N-ethyl adjacent to an activating group) is 1. The number of sulfonamides is 1. The Morgan fingerprint density at radius 3 is 2.55 bits per heavy atom. The molecule has 1 rings (SSSR count). The normalized spacial score (nSPS) is 12.0. The summed E-state index contributed by atoms with van der Waals surface area (Å²) >= 11 is 0. The zero-order chi connectivity index (χ0) is 15.0. The minimum atomic E-state index is -3.48. The maximum absolute atomic E-state index is 12.1. The van der Waals surface area contributed by atoms with Gasteiger partial charge in [-0.1, -0.05) is 13.8 Å². The van der Waals surface area contributed by atoms with Crippen LogP contribution in [0, 0.1) is 0 Å². The molecule has 0 aliphatic heterocycles. The number of hydrogen-bond donors (Lipinski definition) is 2. The summed E-state index contributed by atoms with van der Waals surface area (Å²) in [7, 11) is -3.48. The topological polar surface area (TPSA) is 88.3 Å². The van der Waals surface area contributed by atoms with Gasteiger partial charge in [0.2, 0.25) is 10.0 Å². The molecule has 114 valence electrons. The minimum Gasteiger partial charge on any atom is -0.325 e. The largest absolute Gasteiger partial charge is 0.325 e. The molecule has 6 nitrogen and oxygen atoms in total. The van der Waals surface area contributed by atoms with Crippen LogP contribution in [0.1, 0.15) is 26.0 Å². The first kappa shape index (κ1) is 17.0. The van der Waals surface area contributed by atoms with E-state index in [9.17, 15) is 8.42 Å². The maximum Gasteiger partial charge on any atom is 0.242 e. The van der Waals surface area contributed by atoms with E-state index in [1.165, 1.54) is 12.3 Å². The molecule has 0 unspecified atom stereocenters. The van der Waals surface area contributed by atoms with Gasteiger partial charge in [-0.2, -0.15) is 0 Å². The first-order valence-corrected chi connectivity index (χ1v) is 8.38. The van der Waals surface area contributed by atoms with E-state index in [2.05, 4.69) is 28.5 Å². The molecule has 1 aromatic rings. The number of pyridine rings is 1. The smallest absolute Gasteiger partial charge is 0.242 e. The molecule has 0 radical (unpaired) electrons. The van der Waals surface area contributed by atoms with Crippen molar-refractivity contribution in [2.75, 3.05) is 26.2 Å². The molecule has 0 spiro atoms. The third-order valence-electron chi connectivity index (χ3n) is 3.02. The van der Waals surface area contributed by atoms with Crippen molar-refractivity contribution in [1.29, 1.82) is 0 Å². The molecule has 3 N–H and O–H groups in total. The number of nitrogens with two attached hydrogens (primary N) is 1. The summed E-state index contributed by atoms with van der Waals surface area (Å²) in [5.41, 5.74) is 6.10. The Hall–Kier alpha value is -1.02. The van der Waals surface area contributed by atoms with Crippen molar-refractivity contribution < 1.29 is 8.42 Å². The van der Waals surface area contributed by atoms with Gasteiger partial charge in [0.1, 0.15) is 4.90 Å². The second kappa shape index (κ2) is 8.31. The van der Waals surface area contributed by atoms with Crippen molar-refractivity contribution in [3.8, 4) is 0 Å². The molecule has 1 heterocycles. The van der Waals surface area contributed by atoms with E-state index >= 15 is 0 Å². The van der Waals surface area contributed by atoms with Crippen LogP contribution in [-0.2, 0) is 16.6 Å². The summed E-state index contributed by atoms with van der Waals surface area (Å²) in [4.78, 5) is 6.38. The van der Waals surface area contributed by atoms with Gasteiger partial charge in [-0.25, -0.2) is 13.1 Å². The second-order valence-electron chi connectivity index (χ2n) is 4.52. The standard InChI is InChI=1S/C13H24N4O2S/c1-3-8-17(4-2)9-7-16-20(18,19)13-6-5-12(10-14)15-11-13/h5-6,11,16H,3-4,7-10,14H2,1-2H3. The van der Waals surface area contributed by atoms with Gasteiger partial charge in [0, 0.05) is 25.8 Å². The van der Waals surface area contributed by atoms with Gasteiger partial charge >= 0.3 is 0 Å². The van der Waals surface area contributed by atoms with E-state index in [0.717, 1.165) is 19.5 Å². The van der Waals surface area contributed by atoms with Crippen molar-refractivity contribution in [3.05, 3.63) is 24.0 Å². The number of rotatable bonds is 9. The molecule has 0 saturated heterocycles. The molecular formula is C13H24N4O2S. The van der Waals surface area contributed by atoms with Crippen LogP contribution in [0.2, 0.25) is 0 Å². The molecule has 7 heteroatoms. The minimum absolute atomic E-state index is 0.174. The van der Waals surface area contributed by atoms with Crippen LogP contribution in [0.3, 0.4) is 0 Å². The van der Waals surface area contributed by atoms with Crippen LogP contribution in [0.4, 0.5) is 0 Å². The highest BCUT2D eigenvalue weighted by atomic mass is 32.2. The van der Waals surface area contributed by atoms with Gasteiger partial charge in [0.15, 0.2) is 0 Å². The second-order valence-corrected chi connectivity index (χ2v) is 6.29. The molecule has 20 heavy (non-hydrogen) atoms. The third kappa shape index (κ3) is 5.16. The van der Waals surface area contributed by atoms with Crippen LogP contribution in [0.5, 0.6) is 0 Å². The summed E-state index contributed by atoms with van der Waals surface area (Å²) in [6.45, 7) is 7.48. The fourth-order valence-electron chi connectivity index (χ4n) is 1.86. The van der Waals surface area contributed by atoms with Gasteiger partial charge in [-0.3, -0.25) is 4.98 Å². The van der Waals surface area contributed by atoms with Gasteiger partial charge in [-0.15, -0.1) is 0 Å². The molecule has 0 bridgehead atoms. The monoisotopic (exact) mass is 300 g/mol. The highest BCUT2D eigenvalue weighted by molar-refractivity contribution is 7.89. The molecule has 0 aliphatic carbocycles. The zero-order valence-electron chi connectivity index (χ0n) is 12.2. The molecule has 0 aliphatic rings. The summed E-state index contributed by atoms with van der Waals surface area (Å²) in [5.74, 6) is 0. The summed E-state index contributed by atoms with van der Waals surface area (Å²) in [6.07, 6.45) is 2.40. The predicted octanol–water partition coefficient (Wildman–Crippen LogP) is 0.551. The summed E-state index contributed by atoms with van der Waals surface area (Å²) in [5, 5.41) is 0. The fraction of sp³-hybridized carbons (Fsp3) is 0.615. The Bertz CT molecular complexity index is 488. The average Bonchev–Trinajstić information content (AvgIpc) is 2.46. The third-order valence-corrected chi connectivity index (χ3v) is 4.47. The Morgan fingerprint density at radius 1 is 1.30 bits per heavy atom. The molecule has 0 atom stereocenters. The van der Waals surface area contributed by atoms with Crippen molar-refractivity contribution in [3.63, 3.8) is 0 Å². The van der Waals surface area contributed by atoms with Crippen LogP contribution in [-0.4, -0.2) is 44.5 Å². The fourth-order valence-corrected chi connectivity index (χ4v) is 2.82. The first-order chi connectivity index (χ1) is 9.53. The molecule has 1 aromatic heterocycles. The first-order valence-electron chi connectivity index (χ1n) is 6.90. The number of nitrogens with one attached hydrogen (secondary N) is 1. The van der Waals surface area contributed by atoms with Gasteiger partial charge in [0.25, 0.3) is 0 Å². The lowest BCUT2D eigenvalue weighted by Crippen LogP contribution is -2.35. The lowest BCUT2D eigenvalue weighted by molar-refractivity contribution is 0.293. The van der Waals surface area contributed by atoms with Gasteiger partial charge < -0.3 is 10.6 Å². The van der Waals surface area contributed by atoms with E-state index < -0.39 is 10.0 Å². The summed E-state index contributed by atoms with van der Waals surface area (Å²) < 4.78 is 26.7. The van der Waals surface area contributed by atoms with Gasteiger partial charge in [0.05, 0.1) is 5.69 Å². The highest BCUT2D eigenvalue weighted by Gasteiger charge is 2.14. The van der Waals surface area contributed by atoms with Crippen molar-refractivity contribution >= 4 is 10.0 Å². The lowest BCUT2D eigenvalue weighted by Gasteiger charge is -2.19. The van der Waals surface area contributed by atoms with Crippen molar-refractivity contribution in [1.82, 2.24) is 14.6 Å². The maximum atomic E-state index is 12.1. The van der Waals surface area contributed by atoms with E-state index in [1.807, 2.05) is 0 Å². The van der Waals surface area contributed by atoms with Crippen molar-refractivity contribution in [2.45, 2.75) is 31.7 Å². The number of nitrogens with zero attached hydrogens (tertiary/aromatic N) is 2. The van der Waals surface area contributed by atoms with E-state index in [-0.39, 0.29) is 4.90 Å². The van der Waals surface area contributed by atoms with Crippen molar-refractivity contribution in [2.24, 2.45) is 5.73 Å². The molecule has 0 fully saturated rings. The molecule has 0 amide bonds. The highest BCUT2D eigenvalue weighted by Crippen LogP contribution is 2.07. The Balaban J connectivity index is 2.56. The van der Waals surface area contributed by atoms with E-state index in [4.69, 9.17) is 5.73 Å². The van der Waals surface area contributed by atoms with Crippen LogP contribution >= 0.6 is 0 Å². The van der Waals surface area contributed by atoms with E-state index in [0.29, 0.717) is 25.3 Å². The average molecular weight is 300 g/mol. The SMILES string of the molecule is CCCN(CC)CCNS(=O)(=O)c1ccc(CN)nc1. The number of aromatic nitrogens is 1. The Labute approximate surface area is 121 Å². The predicted molar refractivity (Wildman–Crippen MR) is 79.7 cm³/mol.